The molecule has 0 fully saturated rings. The molecule has 1 aromatic carbocycles. The van der Waals surface area contributed by atoms with Crippen molar-refractivity contribution in [3.63, 3.8) is 0 Å². The summed E-state index contributed by atoms with van der Waals surface area (Å²) < 4.78 is 0. The van der Waals surface area contributed by atoms with E-state index in [4.69, 9.17) is 0 Å². The molecule has 0 aromatic heterocycles. The molecule has 3 heteroatoms. The molecule has 0 aliphatic carbocycles. The number of benzene rings is 1. The molecule has 0 radical (unpaired) electrons. The highest BCUT2D eigenvalue weighted by Gasteiger charge is 2.24. The topological polar surface area (TPSA) is 40.5 Å². The fraction of sp³-hybridized carbons (Fsp3) is 0.571. The van der Waals surface area contributed by atoms with Gasteiger partial charge in [0.1, 0.15) is 0 Å². The minimum Gasteiger partial charge on any atom is -0.389 e. The number of aliphatic hydroxyl groups excluding tert-OH is 1. The van der Waals surface area contributed by atoms with Crippen LogP contribution in [0, 0.1) is 5.92 Å². The van der Waals surface area contributed by atoms with E-state index in [9.17, 15) is 10.2 Å². The van der Waals surface area contributed by atoms with Gasteiger partial charge in [-0.1, -0.05) is 26.0 Å². The third-order valence-corrected chi connectivity index (χ3v) is 4.47. The van der Waals surface area contributed by atoms with Gasteiger partial charge in [0.25, 0.3) is 0 Å². The number of hydrogen-bond acceptors (Lipinski definition) is 3. The summed E-state index contributed by atoms with van der Waals surface area (Å²) in [7, 11) is 0. The average Bonchev–Trinajstić information content (AvgIpc) is 2.27. The largest absolute Gasteiger partial charge is 0.389 e. The van der Waals surface area contributed by atoms with Crippen LogP contribution < -0.4 is 0 Å². The maximum Gasteiger partial charge on any atom is 0.0761 e. The van der Waals surface area contributed by atoms with E-state index in [1.54, 1.807) is 18.7 Å². The van der Waals surface area contributed by atoms with E-state index in [0.717, 1.165) is 10.5 Å². The van der Waals surface area contributed by atoms with Crippen molar-refractivity contribution in [3.8, 4) is 0 Å². The van der Waals surface area contributed by atoms with Crippen LogP contribution in [0.2, 0.25) is 0 Å². The molecule has 0 spiro atoms. The number of rotatable bonds is 5. The molecule has 0 saturated carbocycles. The first-order chi connectivity index (χ1) is 7.83. The predicted molar refractivity (Wildman–Crippen MR) is 73.3 cm³/mol. The molecule has 0 saturated heterocycles. The van der Waals surface area contributed by atoms with Crippen molar-refractivity contribution >= 4 is 11.8 Å². The molecule has 1 aromatic rings. The highest BCUT2D eigenvalue weighted by molar-refractivity contribution is 7.99. The van der Waals surface area contributed by atoms with Crippen molar-refractivity contribution in [2.24, 2.45) is 5.92 Å². The molecule has 2 unspecified atom stereocenters. The molecular weight excluding hydrogens is 232 g/mol. The van der Waals surface area contributed by atoms with Crippen LogP contribution in [-0.2, 0) is 0 Å². The van der Waals surface area contributed by atoms with Crippen LogP contribution in [0.25, 0.3) is 0 Å². The molecule has 0 bridgehead atoms. The van der Waals surface area contributed by atoms with Gasteiger partial charge in [-0.3, -0.25) is 0 Å². The molecule has 0 aliphatic rings. The van der Waals surface area contributed by atoms with Crippen LogP contribution in [0.3, 0.4) is 0 Å². The van der Waals surface area contributed by atoms with Crippen LogP contribution in [0.4, 0.5) is 0 Å². The van der Waals surface area contributed by atoms with E-state index in [1.807, 2.05) is 45.0 Å². The van der Waals surface area contributed by atoms with Crippen LogP contribution >= 0.6 is 11.8 Å². The van der Waals surface area contributed by atoms with Gasteiger partial charge in [-0.2, -0.15) is 0 Å². The van der Waals surface area contributed by atoms with Crippen molar-refractivity contribution in [2.45, 2.75) is 44.3 Å². The Labute approximate surface area is 108 Å². The lowest BCUT2D eigenvalue weighted by Gasteiger charge is -2.27. The highest BCUT2D eigenvalue weighted by atomic mass is 32.2. The van der Waals surface area contributed by atoms with Gasteiger partial charge in [0.05, 0.1) is 11.7 Å². The summed E-state index contributed by atoms with van der Waals surface area (Å²) in [6.07, 6.45) is -0.423. The zero-order chi connectivity index (χ0) is 13.1. The summed E-state index contributed by atoms with van der Waals surface area (Å²) >= 11 is 1.64. The first kappa shape index (κ1) is 14.6. The molecule has 0 aliphatic heterocycles. The summed E-state index contributed by atoms with van der Waals surface area (Å²) in [5, 5.41) is 19.5. The van der Waals surface area contributed by atoms with Crippen LogP contribution in [0.5, 0.6) is 0 Å². The third-order valence-electron chi connectivity index (χ3n) is 3.14. The van der Waals surface area contributed by atoms with Gasteiger partial charge >= 0.3 is 0 Å². The molecule has 96 valence electrons. The summed E-state index contributed by atoms with van der Waals surface area (Å²) in [5.41, 5.74) is 0.276. The van der Waals surface area contributed by atoms with Gasteiger partial charge in [0.2, 0.25) is 0 Å². The molecular formula is C14H22O2S. The van der Waals surface area contributed by atoms with E-state index in [2.05, 4.69) is 0 Å². The minimum atomic E-state index is -0.645. The van der Waals surface area contributed by atoms with Gasteiger partial charge in [-0.25, -0.2) is 0 Å². The fourth-order valence-corrected chi connectivity index (χ4v) is 2.36. The Balaban J connectivity index is 2.59. The maximum absolute atomic E-state index is 10.1. The Bertz CT molecular complexity index is 342. The number of aliphatic hydroxyl groups is 2. The lowest BCUT2D eigenvalue weighted by atomic mass is 9.95. The van der Waals surface area contributed by atoms with E-state index in [1.165, 1.54) is 0 Å². The Hall–Kier alpha value is -0.510. The molecule has 2 atom stereocenters. The zero-order valence-electron chi connectivity index (χ0n) is 11.0. The predicted octanol–water partition coefficient (Wildman–Crippen LogP) is 3.24. The quantitative estimate of drug-likeness (QED) is 0.793. The third kappa shape index (κ3) is 4.34. The second kappa shape index (κ2) is 5.89. The van der Waals surface area contributed by atoms with Gasteiger partial charge in [0, 0.05) is 10.6 Å². The highest BCUT2D eigenvalue weighted by Crippen LogP contribution is 2.27. The Morgan fingerprint density at radius 2 is 1.71 bits per heavy atom. The minimum absolute atomic E-state index is 0.242. The van der Waals surface area contributed by atoms with E-state index < -0.39 is 11.7 Å². The van der Waals surface area contributed by atoms with E-state index in [0.29, 0.717) is 5.75 Å². The first-order valence-corrected chi connectivity index (χ1v) is 6.94. The van der Waals surface area contributed by atoms with Crippen molar-refractivity contribution in [1.29, 1.82) is 0 Å². The lowest BCUT2D eigenvalue weighted by Crippen LogP contribution is -2.33. The van der Waals surface area contributed by atoms with Crippen molar-refractivity contribution in [2.75, 3.05) is 5.75 Å². The summed E-state index contributed by atoms with van der Waals surface area (Å²) in [6, 6.07) is 7.83. The lowest BCUT2D eigenvalue weighted by molar-refractivity contribution is 0.0376. The van der Waals surface area contributed by atoms with Gasteiger partial charge in [-0.15, -0.1) is 11.8 Å². The van der Waals surface area contributed by atoms with Crippen molar-refractivity contribution in [3.05, 3.63) is 29.8 Å². The normalized spacial score (nSPS) is 16.9. The smallest absolute Gasteiger partial charge is 0.0761 e. The van der Waals surface area contributed by atoms with Gasteiger partial charge in [-0.05, 0) is 37.5 Å². The van der Waals surface area contributed by atoms with E-state index >= 15 is 0 Å². The Kier molecular flexibility index (Phi) is 5.04. The first-order valence-electron chi connectivity index (χ1n) is 5.96. The summed E-state index contributed by atoms with van der Waals surface area (Å²) in [5.74, 6) is 0.922. The molecule has 1 rings (SSSR count). The summed E-state index contributed by atoms with van der Waals surface area (Å²) in [4.78, 5) is 1.12. The SMILES string of the molecule is CC(O)c1ccc(SCC(C)(O)C(C)C)cc1. The monoisotopic (exact) mass is 254 g/mol. The zero-order valence-corrected chi connectivity index (χ0v) is 11.8. The van der Waals surface area contributed by atoms with Crippen LogP contribution in [-0.4, -0.2) is 21.6 Å². The van der Waals surface area contributed by atoms with Gasteiger partial charge < -0.3 is 10.2 Å². The van der Waals surface area contributed by atoms with Gasteiger partial charge in [0.15, 0.2) is 0 Å². The molecule has 2 N–H and O–H groups in total. The van der Waals surface area contributed by atoms with Crippen molar-refractivity contribution in [1.82, 2.24) is 0 Å². The number of hydrogen-bond donors (Lipinski definition) is 2. The average molecular weight is 254 g/mol. The molecule has 17 heavy (non-hydrogen) atoms. The molecule has 2 nitrogen and oxygen atoms in total. The number of thioether (sulfide) groups is 1. The fourth-order valence-electron chi connectivity index (χ4n) is 1.24. The Morgan fingerprint density at radius 1 is 1.18 bits per heavy atom. The standard InChI is InChI=1S/C14H22O2S/c1-10(2)14(4,16)9-17-13-7-5-12(6-8-13)11(3)15/h5-8,10-11,15-16H,9H2,1-4H3. The molecule has 0 amide bonds. The second-order valence-corrected chi connectivity index (χ2v) is 6.09. The Morgan fingerprint density at radius 3 is 2.12 bits per heavy atom. The maximum atomic E-state index is 10.1. The second-order valence-electron chi connectivity index (χ2n) is 5.05. The van der Waals surface area contributed by atoms with Crippen LogP contribution in [0.1, 0.15) is 39.4 Å². The van der Waals surface area contributed by atoms with Crippen molar-refractivity contribution < 1.29 is 10.2 Å². The molecule has 0 heterocycles. The summed E-state index contributed by atoms with van der Waals surface area (Å²) in [6.45, 7) is 7.68. The van der Waals surface area contributed by atoms with E-state index in [-0.39, 0.29) is 5.92 Å². The van der Waals surface area contributed by atoms with Crippen LogP contribution in [0.15, 0.2) is 29.2 Å².